The quantitative estimate of drug-likeness (QED) is 0.611. The van der Waals surface area contributed by atoms with E-state index in [4.69, 9.17) is 10.3 Å². The van der Waals surface area contributed by atoms with E-state index in [1.54, 1.807) is 0 Å². The van der Waals surface area contributed by atoms with E-state index in [1.165, 1.54) is 0 Å². The number of nitrogen functional groups attached to an aromatic ring is 1. The van der Waals surface area contributed by atoms with Crippen LogP contribution < -0.4 is 5.73 Å². The SMILES string of the molecule is CCN(CC)CCc1noc(-c2cc(I)ccc2N)n1. The highest BCUT2D eigenvalue weighted by molar-refractivity contribution is 14.1. The maximum absolute atomic E-state index is 5.96. The van der Waals surface area contributed by atoms with Crippen molar-refractivity contribution in [2.24, 2.45) is 0 Å². The van der Waals surface area contributed by atoms with Gasteiger partial charge in [-0.2, -0.15) is 4.98 Å². The lowest BCUT2D eigenvalue weighted by Crippen LogP contribution is -2.25. The van der Waals surface area contributed by atoms with E-state index in [2.05, 4.69) is 51.5 Å². The molecule has 0 aliphatic carbocycles. The number of halogens is 1. The van der Waals surface area contributed by atoms with Crippen molar-refractivity contribution >= 4 is 28.3 Å². The summed E-state index contributed by atoms with van der Waals surface area (Å²) >= 11 is 2.24. The molecule has 2 N–H and O–H groups in total. The van der Waals surface area contributed by atoms with Crippen LogP contribution in [0.5, 0.6) is 0 Å². The maximum atomic E-state index is 5.96. The molecule has 2 aromatic rings. The van der Waals surface area contributed by atoms with Gasteiger partial charge in [0.05, 0.1) is 5.56 Å². The van der Waals surface area contributed by atoms with Crippen molar-refractivity contribution in [2.75, 3.05) is 25.4 Å². The van der Waals surface area contributed by atoms with Gasteiger partial charge in [-0.3, -0.25) is 0 Å². The Morgan fingerprint density at radius 1 is 1.30 bits per heavy atom. The van der Waals surface area contributed by atoms with Crippen molar-refractivity contribution in [3.05, 3.63) is 27.6 Å². The topological polar surface area (TPSA) is 68.2 Å². The number of anilines is 1. The Morgan fingerprint density at radius 2 is 2.05 bits per heavy atom. The van der Waals surface area contributed by atoms with Crippen LogP contribution in [0.2, 0.25) is 0 Å². The molecule has 20 heavy (non-hydrogen) atoms. The first kappa shape index (κ1) is 15.2. The molecule has 0 saturated heterocycles. The van der Waals surface area contributed by atoms with Gasteiger partial charge in [-0.1, -0.05) is 19.0 Å². The Labute approximate surface area is 132 Å². The minimum Gasteiger partial charge on any atom is -0.398 e. The molecule has 2 rings (SSSR count). The zero-order chi connectivity index (χ0) is 14.5. The third-order valence-corrected chi connectivity index (χ3v) is 3.93. The largest absolute Gasteiger partial charge is 0.398 e. The summed E-state index contributed by atoms with van der Waals surface area (Å²) in [5, 5.41) is 4.03. The van der Waals surface area contributed by atoms with Crippen LogP contribution in [0.1, 0.15) is 19.7 Å². The molecule has 0 amide bonds. The smallest absolute Gasteiger partial charge is 0.260 e. The van der Waals surface area contributed by atoms with Gasteiger partial charge in [0.15, 0.2) is 5.82 Å². The zero-order valence-corrected chi connectivity index (χ0v) is 13.9. The lowest BCUT2D eigenvalue weighted by Gasteiger charge is -2.16. The second kappa shape index (κ2) is 7.03. The van der Waals surface area contributed by atoms with E-state index in [9.17, 15) is 0 Å². The summed E-state index contributed by atoms with van der Waals surface area (Å²) in [5.74, 6) is 1.22. The summed E-state index contributed by atoms with van der Waals surface area (Å²) in [6.07, 6.45) is 0.787. The second-order valence-electron chi connectivity index (χ2n) is 4.52. The fourth-order valence-electron chi connectivity index (χ4n) is 1.98. The second-order valence-corrected chi connectivity index (χ2v) is 5.77. The number of nitrogens with two attached hydrogens (primary N) is 1. The Morgan fingerprint density at radius 3 is 2.75 bits per heavy atom. The molecule has 0 fully saturated rings. The van der Waals surface area contributed by atoms with Crippen molar-refractivity contribution in [1.82, 2.24) is 15.0 Å². The van der Waals surface area contributed by atoms with Gasteiger partial charge in [0.2, 0.25) is 0 Å². The molecule has 0 atom stereocenters. The molecule has 1 aromatic heterocycles. The molecule has 0 saturated carbocycles. The number of aromatic nitrogens is 2. The third kappa shape index (κ3) is 3.69. The van der Waals surface area contributed by atoms with E-state index in [0.717, 1.165) is 41.0 Å². The molecular weight excluding hydrogens is 367 g/mol. The van der Waals surface area contributed by atoms with Crippen molar-refractivity contribution < 1.29 is 4.52 Å². The van der Waals surface area contributed by atoms with Crippen LogP contribution in [0, 0.1) is 3.57 Å². The van der Waals surface area contributed by atoms with Crippen molar-refractivity contribution in [3.8, 4) is 11.5 Å². The molecule has 5 nitrogen and oxygen atoms in total. The predicted octanol–water partition coefficient (Wildman–Crippen LogP) is 2.81. The van der Waals surface area contributed by atoms with Crippen LogP contribution in [0.3, 0.4) is 0 Å². The highest BCUT2D eigenvalue weighted by Crippen LogP contribution is 2.26. The van der Waals surface area contributed by atoms with Crippen LogP contribution in [-0.4, -0.2) is 34.7 Å². The van der Waals surface area contributed by atoms with Crippen LogP contribution in [0.4, 0.5) is 5.69 Å². The van der Waals surface area contributed by atoms with Gasteiger partial charge in [-0.05, 0) is 53.9 Å². The van der Waals surface area contributed by atoms with Gasteiger partial charge in [0, 0.05) is 22.2 Å². The third-order valence-electron chi connectivity index (χ3n) is 3.26. The molecule has 0 unspecified atom stereocenters. The Hall–Kier alpha value is -1.15. The van der Waals surface area contributed by atoms with E-state index in [1.807, 2.05) is 18.2 Å². The highest BCUT2D eigenvalue weighted by Gasteiger charge is 2.12. The fraction of sp³-hybridized carbons (Fsp3) is 0.429. The summed E-state index contributed by atoms with van der Waals surface area (Å²) in [5.41, 5.74) is 7.42. The Kier molecular flexibility index (Phi) is 5.36. The number of benzene rings is 1. The summed E-state index contributed by atoms with van der Waals surface area (Å²) in [6, 6.07) is 5.77. The van der Waals surface area contributed by atoms with Gasteiger partial charge >= 0.3 is 0 Å². The van der Waals surface area contributed by atoms with Crippen LogP contribution in [0.15, 0.2) is 22.7 Å². The number of rotatable bonds is 6. The molecule has 1 heterocycles. The number of likely N-dealkylation sites (N-methyl/N-ethyl adjacent to an activating group) is 1. The summed E-state index contributed by atoms with van der Waals surface area (Å²) in [4.78, 5) is 6.76. The van der Waals surface area contributed by atoms with Gasteiger partial charge in [0.25, 0.3) is 5.89 Å². The Bertz CT molecular complexity index is 566. The average Bonchev–Trinajstić information content (AvgIpc) is 2.91. The normalized spacial score (nSPS) is 11.2. The molecule has 108 valence electrons. The van der Waals surface area contributed by atoms with Gasteiger partial charge in [-0.15, -0.1) is 0 Å². The number of hydrogen-bond acceptors (Lipinski definition) is 5. The molecule has 0 spiro atoms. The fourth-order valence-corrected chi connectivity index (χ4v) is 2.47. The van der Waals surface area contributed by atoms with Crippen LogP contribution in [0.25, 0.3) is 11.5 Å². The van der Waals surface area contributed by atoms with Crippen LogP contribution in [-0.2, 0) is 6.42 Å². The van der Waals surface area contributed by atoms with Crippen molar-refractivity contribution in [2.45, 2.75) is 20.3 Å². The van der Waals surface area contributed by atoms with Crippen molar-refractivity contribution in [3.63, 3.8) is 0 Å². The van der Waals surface area contributed by atoms with E-state index in [0.29, 0.717) is 11.6 Å². The molecular formula is C14H19IN4O. The maximum Gasteiger partial charge on any atom is 0.260 e. The molecule has 6 heteroatoms. The molecule has 1 aromatic carbocycles. The first-order chi connectivity index (χ1) is 9.63. The molecule has 0 aliphatic heterocycles. The Balaban J connectivity index is 2.10. The minimum absolute atomic E-state index is 0.496. The monoisotopic (exact) mass is 386 g/mol. The van der Waals surface area contributed by atoms with E-state index < -0.39 is 0 Å². The molecule has 0 aliphatic rings. The zero-order valence-electron chi connectivity index (χ0n) is 11.8. The first-order valence-corrected chi connectivity index (χ1v) is 7.82. The molecule has 0 bridgehead atoms. The van der Waals surface area contributed by atoms with Gasteiger partial charge in [-0.25, -0.2) is 0 Å². The van der Waals surface area contributed by atoms with Gasteiger partial charge in [0.1, 0.15) is 0 Å². The van der Waals surface area contributed by atoms with E-state index >= 15 is 0 Å². The minimum atomic E-state index is 0.496. The first-order valence-electron chi connectivity index (χ1n) is 6.74. The highest BCUT2D eigenvalue weighted by atomic mass is 127. The summed E-state index contributed by atoms with van der Waals surface area (Å²) < 4.78 is 6.42. The summed E-state index contributed by atoms with van der Waals surface area (Å²) in [7, 11) is 0. The standard InChI is InChI=1S/C14H19IN4O/c1-3-19(4-2)8-7-13-17-14(20-18-13)11-9-10(15)5-6-12(11)16/h5-6,9H,3-4,7-8,16H2,1-2H3. The average molecular weight is 386 g/mol. The summed E-state index contributed by atoms with van der Waals surface area (Å²) in [6.45, 7) is 7.30. The number of hydrogen-bond donors (Lipinski definition) is 1. The van der Waals surface area contributed by atoms with E-state index in [-0.39, 0.29) is 0 Å². The lowest BCUT2D eigenvalue weighted by molar-refractivity contribution is 0.303. The van der Waals surface area contributed by atoms with Crippen LogP contribution >= 0.6 is 22.6 Å². The van der Waals surface area contributed by atoms with Crippen molar-refractivity contribution in [1.29, 1.82) is 0 Å². The molecule has 0 radical (unpaired) electrons. The predicted molar refractivity (Wildman–Crippen MR) is 88.4 cm³/mol. The number of nitrogens with zero attached hydrogens (tertiary/aromatic N) is 3. The lowest BCUT2D eigenvalue weighted by atomic mass is 10.2. The van der Waals surface area contributed by atoms with Gasteiger partial charge < -0.3 is 15.2 Å².